The largest absolute Gasteiger partial charge is 0.478 e. The number of carboxylic acid groups (broad SMARTS) is 2. The molecule has 5 N–H and O–H groups in total. The van der Waals surface area contributed by atoms with E-state index < -0.39 is 68.9 Å². The number of nitrogen functional groups attached to an aromatic ring is 1. The number of pyridine rings is 1. The minimum Gasteiger partial charge on any atom is -0.478 e. The van der Waals surface area contributed by atoms with Crippen LogP contribution < -0.4 is 11.3 Å². The number of nitrogens with one attached hydrogen (secondary N) is 1. The van der Waals surface area contributed by atoms with Crippen molar-refractivity contribution in [2.75, 3.05) is 5.73 Å². The SMILES string of the molecule is Nc1[nH]c(=O)c(C(=O)O)c(-c2ccc(C(F)(F)F)c(F)c2F)c1C(=O)O. The molecule has 0 amide bonds. The first-order chi connectivity index (χ1) is 11.9. The third-order valence-corrected chi connectivity index (χ3v) is 3.33. The minimum atomic E-state index is -5.26. The Labute approximate surface area is 139 Å². The molecule has 0 fully saturated rings. The summed E-state index contributed by atoms with van der Waals surface area (Å²) < 4.78 is 65.9. The van der Waals surface area contributed by atoms with Crippen molar-refractivity contribution in [1.82, 2.24) is 4.98 Å². The summed E-state index contributed by atoms with van der Waals surface area (Å²) in [6.45, 7) is 0. The van der Waals surface area contributed by atoms with Gasteiger partial charge in [-0.3, -0.25) is 4.79 Å². The van der Waals surface area contributed by atoms with Gasteiger partial charge in [-0.2, -0.15) is 13.2 Å². The van der Waals surface area contributed by atoms with Crippen LogP contribution in [0.25, 0.3) is 11.1 Å². The van der Waals surface area contributed by atoms with Crippen LogP contribution in [0.4, 0.5) is 27.8 Å². The topological polar surface area (TPSA) is 133 Å². The Balaban J connectivity index is 3.02. The fourth-order valence-electron chi connectivity index (χ4n) is 2.28. The van der Waals surface area contributed by atoms with Gasteiger partial charge in [0, 0.05) is 11.1 Å². The minimum absolute atomic E-state index is 0.0857. The summed E-state index contributed by atoms with van der Waals surface area (Å²) in [5, 5.41) is 18.3. The molecule has 1 heterocycles. The third kappa shape index (κ3) is 2.96. The summed E-state index contributed by atoms with van der Waals surface area (Å²) in [6, 6.07) is 0.400. The number of aromatic nitrogens is 1. The van der Waals surface area contributed by atoms with Crippen molar-refractivity contribution < 1.29 is 41.8 Å². The lowest BCUT2D eigenvalue weighted by Gasteiger charge is -2.15. The highest BCUT2D eigenvalue weighted by atomic mass is 19.4. The number of anilines is 1. The molecule has 0 radical (unpaired) electrons. The van der Waals surface area contributed by atoms with Gasteiger partial charge in [0.2, 0.25) is 0 Å². The van der Waals surface area contributed by atoms with Crippen LogP contribution >= 0.6 is 0 Å². The number of aromatic amines is 1. The first-order valence-electron chi connectivity index (χ1n) is 6.45. The number of carboxylic acids is 2. The molecule has 0 bridgehead atoms. The molecule has 0 saturated heterocycles. The molecule has 2 rings (SSSR count). The van der Waals surface area contributed by atoms with Crippen molar-refractivity contribution in [3.05, 3.63) is 50.8 Å². The summed E-state index contributed by atoms with van der Waals surface area (Å²) >= 11 is 0. The van der Waals surface area contributed by atoms with E-state index in [2.05, 4.69) is 0 Å². The van der Waals surface area contributed by atoms with Crippen molar-refractivity contribution in [3.63, 3.8) is 0 Å². The lowest BCUT2D eigenvalue weighted by atomic mass is 9.94. The maximum atomic E-state index is 14.2. The number of hydrogen-bond acceptors (Lipinski definition) is 4. The van der Waals surface area contributed by atoms with Gasteiger partial charge in [0.1, 0.15) is 16.9 Å². The van der Waals surface area contributed by atoms with Crippen LogP contribution in [0.1, 0.15) is 26.3 Å². The zero-order chi connectivity index (χ0) is 20.0. The van der Waals surface area contributed by atoms with E-state index in [0.29, 0.717) is 6.07 Å². The molecular weight excluding hydrogens is 371 g/mol. The molecule has 0 atom stereocenters. The molecule has 0 saturated carbocycles. The van der Waals surface area contributed by atoms with E-state index in [1.165, 1.54) is 0 Å². The number of carbonyl (C=O) groups is 2. The standard InChI is InChI=1S/C14H7F5N2O5/c15-8-3(1-2-4(9(8)16)14(17,18)19)5-6(12(23)24)10(20)21-11(22)7(5)13(25)26/h1-2H,(H,23,24)(H,25,26)(H3,20,21,22). The number of H-pyrrole nitrogens is 1. The van der Waals surface area contributed by atoms with Crippen molar-refractivity contribution in [3.8, 4) is 11.1 Å². The molecule has 0 aliphatic heterocycles. The van der Waals surface area contributed by atoms with Gasteiger partial charge >= 0.3 is 18.1 Å². The molecular formula is C14H7F5N2O5. The molecule has 26 heavy (non-hydrogen) atoms. The summed E-state index contributed by atoms with van der Waals surface area (Å²) in [5.74, 6) is -9.40. The van der Waals surface area contributed by atoms with Gasteiger partial charge in [0.05, 0.1) is 5.56 Å². The van der Waals surface area contributed by atoms with E-state index in [1.807, 2.05) is 0 Å². The summed E-state index contributed by atoms with van der Waals surface area (Å²) in [5.41, 5.74) is -2.92. The number of hydrogen-bond donors (Lipinski definition) is 4. The second kappa shape index (κ2) is 6.13. The highest BCUT2D eigenvalue weighted by molar-refractivity contribution is 6.07. The predicted molar refractivity (Wildman–Crippen MR) is 75.7 cm³/mol. The zero-order valence-corrected chi connectivity index (χ0v) is 12.2. The van der Waals surface area contributed by atoms with E-state index in [9.17, 15) is 36.3 Å². The van der Waals surface area contributed by atoms with Gasteiger partial charge in [0.25, 0.3) is 5.56 Å². The van der Waals surface area contributed by atoms with E-state index in [4.69, 9.17) is 15.9 Å². The fraction of sp³-hybridized carbons (Fsp3) is 0.0714. The van der Waals surface area contributed by atoms with Crippen LogP contribution in [0.5, 0.6) is 0 Å². The predicted octanol–water partition coefficient (Wildman–Crippen LogP) is 2.32. The fourth-order valence-corrected chi connectivity index (χ4v) is 2.28. The number of alkyl halides is 3. The summed E-state index contributed by atoms with van der Waals surface area (Å²) in [6.07, 6.45) is -5.26. The van der Waals surface area contributed by atoms with Gasteiger partial charge in [0.15, 0.2) is 11.6 Å². The molecule has 0 unspecified atom stereocenters. The highest BCUT2D eigenvalue weighted by Gasteiger charge is 2.37. The Morgan fingerprint density at radius 3 is 2.00 bits per heavy atom. The lowest BCUT2D eigenvalue weighted by molar-refractivity contribution is -0.140. The monoisotopic (exact) mass is 378 g/mol. The maximum Gasteiger partial charge on any atom is 0.419 e. The van der Waals surface area contributed by atoms with Gasteiger partial charge in [-0.05, 0) is 6.07 Å². The van der Waals surface area contributed by atoms with Crippen LogP contribution in [-0.4, -0.2) is 27.1 Å². The summed E-state index contributed by atoms with van der Waals surface area (Å²) in [7, 11) is 0. The number of halogens is 5. The maximum absolute atomic E-state index is 14.2. The van der Waals surface area contributed by atoms with Gasteiger partial charge in [-0.1, -0.05) is 6.07 Å². The van der Waals surface area contributed by atoms with E-state index in [0.717, 1.165) is 0 Å². The van der Waals surface area contributed by atoms with E-state index in [1.54, 1.807) is 4.98 Å². The molecule has 2 aromatic rings. The van der Waals surface area contributed by atoms with Crippen LogP contribution in [0, 0.1) is 11.6 Å². The third-order valence-electron chi connectivity index (χ3n) is 3.33. The second-order valence-electron chi connectivity index (χ2n) is 4.89. The molecule has 1 aromatic carbocycles. The van der Waals surface area contributed by atoms with Gasteiger partial charge in [-0.25, -0.2) is 18.4 Å². The molecule has 0 aliphatic rings. The molecule has 7 nitrogen and oxygen atoms in total. The Morgan fingerprint density at radius 1 is 1.00 bits per heavy atom. The van der Waals surface area contributed by atoms with Crippen LogP contribution in [0.2, 0.25) is 0 Å². The van der Waals surface area contributed by atoms with Crippen LogP contribution in [0.15, 0.2) is 16.9 Å². The molecule has 0 aliphatic carbocycles. The van der Waals surface area contributed by atoms with Gasteiger partial charge < -0.3 is 20.9 Å². The van der Waals surface area contributed by atoms with Crippen molar-refractivity contribution in [2.45, 2.75) is 6.18 Å². The Kier molecular flexibility index (Phi) is 4.45. The average molecular weight is 378 g/mol. The average Bonchev–Trinajstić information content (AvgIpc) is 2.46. The summed E-state index contributed by atoms with van der Waals surface area (Å²) in [4.78, 5) is 36.1. The van der Waals surface area contributed by atoms with Gasteiger partial charge in [-0.15, -0.1) is 0 Å². The molecule has 138 valence electrons. The Hall–Kier alpha value is -3.44. The first-order valence-corrected chi connectivity index (χ1v) is 6.45. The molecule has 1 aromatic heterocycles. The second-order valence-corrected chi connectivity index (χ2v) is 4.89. The lowest BCUT2D eigenvalue weighted by Crippen LogP contribution is -2.24. The zero-order valence-electron chi connectivity index (χ0n) is 12.2. The molecule has 12 heteroatoms. The number of rotatable bonds is 3. The van der Waals surface area contributed by atoms with Crippen molar-refractivity contribution in [2.24, 2.45) is 0 Å². The highest BCUT2D eigenvalue weighted by Crippen LogP contribution is 2.37. The Morgan fingerprint density at radius 2 is 1.54 bits per heavy atom. The number of nitrogens with two attached hydrogens (primary N) is 1. The van der Waals surface area contributed by atoms with Crippen molar-refractivity contribution in [1.29, 1.82) is 0 Å². The van der Waals surface area contributed by atoms with Crippen LogP contribution in [0.3, 0.4) is 0 Å². The quantitative estimate of drug-likeness (QED) is 0.606. The van der Waals surface area contributed by atoms with E-state index in [-0.39, 0.29) is 6.07 Å². The molecule has 0 spiro atoms. The normalized spacial score (nSPS) is 11.4. The number of aromatic carboxylic acids is 2. The Bertz CT molecular complexity index is 997. The van der Waals surface area contributed by atoms with Crippen molar-refractivity contribution >= 4 is 17.8 Å². The van der Waals surface area contributed by atoms with E-state index >= 15 is 0 Å². The first kappa shape index (κ1) is 18.9. The van der Waals surface area contributed by atoms with Crippen LogP contribution in [-0.2, 0) is 6.18 Å². The number of benzene rings is 1. The smallest absolute Gasteiger partial charge is 0.419 e.